The molecule has 0 aliphatic carbocycles. The molecule has 0 atom stereocenters. The maximum atomic E-state index is 9.85. The summed E-state index contributed by atoms with van der Waals surface area (Å²) in [7, 11) is -3.79. The van der Waals surface area contributed by atoms with Crippen LogP contribution in [0.2, 0.25) is 0 Å². The first-order valence-electron chi connectivity index (χ1n) is 1.81. The summed E-state index contributed by atoms with van der Waals surface area (Å²) in [5.41, 5.74) is 4.82. The molecule has 0 unspecified atom stereocenters. The zero-order valence-corrected chi connectivity index (χ0v) is 4.64. The minimum absolute atomic E-state index is 0. The average molecular weight is 149 g/mol. The molecule has 0 heterocycles. The summed E-state index contributed by atoms with van der Waals surface area (Å²) in [6.45, 7) is 0.0459. The number of hydrogen-bond acceptors (Lipinski definition) is 2. The van der Waals surface area contributed by atoms with Crippen molar-refractivity contribution in [2.45, 2.75) is 0 Å². The van der Waals surface area contributed by atoms with Gasteiger partial charge in [-0.05, 0) is 0 Å². The molecule has 0 amide bonds. The van der Waals surface area contributed by atoms with Crippen LogP contribution in [0.1, 0.15) is 0 Å². The van der Waals surface area contributed by atoms with Gasteiger partial charge in [0.2, 0.25) is 0 Å². The van der Waals surface area contributed by atoms with Crippen molar-refractivity contribution in [2.75, 3.05) is 12.7 Å². The van der Waals surface area contributed by atoms with Crippen LogP contribution in [0.15, 0.2) is 0 Å². The molecule has 46 valence electrons. The van der Waals surface area contributed by atoms with E-state index in [0.29, 0.717) is 0 Å². The topological polar surface area (TPSA) is 83.6 Å². The second-order valence-corrected chi connectivity index (χ2v) is 2.95. The van der Waals surface area contributed by atoms with E-state index in [1.807, 2.05) is 0 Å². The molecule has 0 spiro atoms. The van der Waals surface area contributed by atoms with Gasteiger partial charge in [0.1, 0.15) is 0 Å². The molecule has 0 fully saturated rings. The standard InChI is InChI=1S/C2H8NO3P.Na.H/c3-1-2-7(4,5)6;;/h1-3H2,(H2,4,5,6);;. The van der Waals surface area contributed by atoms with E-state index < -0.39 is 7.60 Å². The van der Waals surface area contributed by atoms with Crippen LogP contribution in [-0.4, -0.2) is 52.1 Å². The van der Waals surface area contributed by atoms with Gasteiger partial charge in [0.25, 0.3) is 0 Å². The van der Waals surface area contributed by atoms with Gasteiger partial charge in [-0.25, -0.2) is 0 Å². The zero-order valence-electron chi connectivity index (χ0n) is 3.74. The van der Waals surface area contributed by atoms with Gasteiger partial charge < -0.3 is 15.5 Å². The predicted octanol–water partition coefficient (Wildman–Crippen LogP) is -1.53. The van der Waals surface area contributed by atoms with Gasteiger partial charge in [-0.2, -0.15) is 0 Å². The monoisotopic (exact) mass is 149 g/mol. The molecule has 8 heavy (non-hydrogen) atoms. The van der Waals surface area contributed by atoms with Gasteiger partial charge in [0.15, 0.2) is 0 Å². The van der Waals surface area contributed by atoms with Crippen molar-refractivity contribution in [3.63, 3.8) is 0 Å². The van der Waals surface area contributed by atoms with E-state index in [1.54, 1.807) is 0 Å². The molecule has 0 radical (unpaired) electrons. The van der Waals surface area contributed by atoms with E-state index in [-0.39, 0.29) is 42.3 Å². The summed E-state index contributed by atoms with van der Waals surface area (Å²) in [5, 5.41) is 0. The van der Waals surface area contributed by atoms with Gasteiger partial charge in [0, 0.05) is 6.54 Å². The van der Waals surface area contributed by atoms with Gasteiger partial charge in [-0.15, -0.1) is 0 Å². The van der Waals surface area contributed by atoms with Crippen LogP contribution in [0.5, 0.6) is 0 Å². The summed E-state index contributed by atoms with van der Waals surface area (Å²) in [4.78, 5) is 16.1. The second kappa shape index (κ2) is 4.94. The zero-order chi connectivity index (χ0) is 5.91. The molecule has 0 saturated heterocycles. The van der Waals surface area contributed by atoms with Gasteiger partial charge in [0.05, 0.1) is 6.16 Å². The normalized spacial score (nSPS) is 10.4. The Hall–Kier alpha value is 1.11. The Labute approximate surface area is 69.9 Å². The Balaban J connectivity index is 0. The quantitative estimate of drug-likeness (QED) is 0.328. The van der Waals surface area contributed by atoms with Gasteiger partial charge in [-0.3, -0.25) is 4.57 Å². The molecule has 0 aromatic rings. The second-order valence-electron chi connectivity index (χ2n) is 1.18. The molecule has 0 aliphatic heterocycles. The molecule has 0 aromatic carbocycles. The van der Waals surface area contributed by atoms with E-state index in [4.69, 9.17) is 15.5 Å². The van der Waals surface area contributed by atoms with Crippen molar-refractivity contribution in [3.8, 4) is 0 Å². The van der Waals surface area contributed by atoms with E-state index in [9.17, 15) is 4.57 Å². The van der Waals surface area contributed by atoms with Crippen LogP contribution >= 0.6 is 7.60 Å². The summed E-state index contributed by atoms with van der Waals surface area (Å²) in [6, 6.07) is 0. The summed E-state index contributed by atoms with van der Waals surface area (Å²) >= 11 is 0. The Kier molecular flexibility index (Phi) is 7.32. The molecule has 0 aromatic heterocycles. The minimum atomic E-state index is -3.79. The predicted molar refractivity (Wildman–Crippen MR) is 33.1 cm³/mol. The molecule has 0 aliphatic rings. The van der Waals surface area contributed by atoms with Crippen LogP contribution in [0.4, 0.5) is 0 Å². The summed E-state index contributed by atoms with van der Waals surface area (Å²) < 4.78 is 9.85. The van der Waals surface area contributed by atoms with Crippen molar-refractivity contribution in [1.29, 1.82) is 0 Å². The molecular weight excluding hydrogens is 140 g/mol. The Morgan fingerprint density at radius 2 is 1.88 bits per heavy atom. The summed E-state index contributed by atoms with van der Waals surface area (Å²) in [5.74, 6) is 0. The first-order valence-corrected chi connectivity index (χ1v) is 3.60. The van der Waals surface area contributed by atoms with E-state index in [1.165, 1.54) is 0 Å². The third-order valence-electron chi connectivity index (χ3n) is 0.420. The molecule has 4 nitrogen and oxygen atoms in total. The van der Waals surface area contributed by atoms with E-state index in [2.05, 4.69) is 0 Å². The molecule has 0 rings (SSSR count). The third-order valence-corrected chi connectivity index (χ3v) is 1.26. The molecular formula is C2H9NNaO3P. The third kappa shape index (κ3) is 10.2. The van der Waals surface area contributed by atoms with E-state index >= 15 is 0 Å². The molecule has 0 saturated carbocycles. The first-order chi connectivity index (χ1) is 3.06. The fraction of sp³-hybridized carbons (Fsp3) is 1.00. The van der Waals surface area contributed by atoms with Gasteiger partial charge >= 0.3 is 37.2 Å². The number of hydrogen-bond donors (Lipinski definition) is 3. The van der Waals surface area contributed by atoms with Gasteiger partial charge in [-0.1, -0.05) is 0 Å². The molecule has 4 N–H and O–H groups in total. The van der Waals surface area contributed by atoms with E-state index in [0.717, 1.165) is 0 Å². The Morgan fingerprint density at radius 1 is 1.50 bits per heavy atom. The summed E-state index contributed by atoms with van der Waals surface area (Å²) in [6.07, 6.45) is -0.215. The first kappa shape index (κ1) is 11.9. The number of nitrogens with two attached hydrogens (primary N) is 1. The van der Waals surface area contributed by atoms with Crippen LogP contribution in [0.25, 0.3) is 0 Å². The SMILES string of the molecule is NCCP(=O)(O)O.[NaH]. The fourth-order valence-corrected chi connectivity index (χ4v) is 0.505. The van der Waals surface area contributed by atoms with Crippen LogP contribution in [-0.2, 0) is 4.57 Å². The van der Waals surface area contributed by atoms with Crippen molar-refractivity contribution in [1.82, 2.24) is 0 Å². The van der Waals surface area contributed by atoms with Crippen LogP contribution in [0, 0.1) is 0 Å². The van der Waals surface area contributed by atoms with Crippen molar-refractivity contribution in [3.05, 3.63) is 0 Å². The van der Waals surface area contributed by atoms with Crippen LogP contribution < -0.4 is 5.73 Å². The average Bonchev–Trinajstić information content (AvgIpc) is 1.30. The Bertz CT molecular complexity index is 91.3. The van der Waals surface area contributed by atoms with Crippen LogP contribution in [0.3, 0.4) is 0 Å². The Morgan fingerprint density at radius 3 is 1.88 bits per heavy atom. The molecule has 6 heteroatoms. The van der Waals surface area contributed by atoms with Crippen molar-refractivity contribution < 1.29 is 14.4 Å². The number of rotatable bonds is 2. The molecule has 0 bridgehead atoms. The fourth-order valence-electron chi connectivity index (χ4n) is 0.168. The maximum absolute atomic E-state index is 9.85. The van der Waals surface area contributed by atoms with Crippen molar-refractivity contribution in [2.24, 2.45) is 5.73 Å². The van der Waals surface area contributed by atoms with Crippen molar-refractivity contribution >= 4 is 37.2 Å².